The Morgan fingerprint density at radius 2 is 2.21 bits per heavy atom. The molecule has 0 fully saturated rings. The van der Waals surface area contributed by atoms with Gasteiger partial charge < -0.3 is 5.11 Å². The van der Waals surface area contributed by atoms with E-state index in [0.717, 1.165) is 0 Å². The molecule has 0 bridgehead atoms. The van der Waals surface area contributed by atoms with Crippen molar-refractivity contribution in [1.29, 1.82) is 0 Å². The fourth-order valence-corrected chi connectivity index (χ4v) is 1.42. The molecule has 0 amide bonds. The number of carboxylic acid groups (broad SMARTS) is 1. The highest BCUT2D eigenvalue weighted by molar-refractivity contribution is 5.68. The first kappa shape index (κ1) is 10.7. The lowest BCUT2D eigenvalue weighted by molar-refractivity contribution is -0.137. The highest BCUT2D eigenvalue weighted by atomic mass is 19.1. The molecule has 0 aliphatic rings. The number of carboxylic acids is 1. The van der Waals surface area contributed by atoms with Crippen LogP contribution in [0.5, 0.6) is 0 Å². The molecule has 2 nitrogen and oxygen atoms in total. The summed E-state index contributed by atoms with van der Waals surface area (Å²) in [5, 5.41) is 8.58. The zero-order valence-corrected chi connectivity index (χ0v) is 8.25. The average molecular weight is 196 g/mol. The molecule has 0 radical (unpaired) electrons. The second-order valence-electron chi connectivity index (χ2n) is 3.48. The van der Waals surface area contributed by atoms with Gasteiger partial charge in [-0.3, -0.25) is 4.79 Å². The third-order valence-electron chi connectivity index (χ3n) is 2.23. The van der Waals surface area contributed by atoms with Crippen LogP contribution < -0.4 is 0 Å². The van der Waals surface area contributed by atoms with E-state index >= 15 is 0 Å². The molecule has 0 heterocycles. The Bertz CT molecular complexity index is 347. The number of hydrogen-bond donors (Lipinski definition) is 1. The van der Waals surface area contributed by atoms with Crippen molar-refractivity contribution in [2.45, 2.75) is 26.2 Å². The summed E-state index contributed by atoms with van der Waals surface area (Å²) in [6.45, 7) is 3.39. The van der Waals surface area contributed by atoms with Crippen molar-refractivity contribution >= 4 is 5.97 Å². The van der Waals surface area contributed by atoms with E-state index in [9.17, 15) is 9.18 Å². The first-order valence-corrected chi connectivity index (χ1v) is 4.49. The number of aryl methyl sites for hydroxylation is 1. The third kappa shape index (κ3) is 2.31. The molecule has 1 aromatic carbocycles. The van der Waals surface area contributed by atoms with Gasteiger partial charge in [-0.15, -0.1) is 0 Å². The van der Waals surface area contributed by atoms with Gasteiger partial charge in [0.25, 0.3) is 0 Å². The number of benzene rings is 1. The Labute approximate surface area is 82.4 Å². The number of carbonyl (C=O) groups is 1. The molecular formula is C11H13FO2. The molecule has 76 valence electrons. The number of halogens is 1. The smallest absolute Gasteiger partial charge is 0.303 e. The molecule has 0 aliphatic carbocycles. The monoisotopic (exact) mass is 196 g/mol. The van der Waals surface area contributed by atoms with Crippen LogP contribution in [0.25, 0.3) is 0 Å². The van der Waals surface area contributed by atoms with Crippen LogP contribution >= 0.6 is 0 Å². The summed E-state index contributed by atoms with van der Waals surface area (Å²) < 4.78 is 13.5. The van der Waals surface area contributed by atoms with Gasteiger partial charge in [-0.05, 0) is 24.0 Å². The molecule has 0 spiro atoms. The van der Waals surface area contributed by atoms with Crippen LogP contribution in [0.2, 0.25) is 0 Å². The van der Waals surface area contributed by atoms with E-state index in [0.29, 0.717) is 11.1 Å². The van der Waals surface area contributed by atoms with E-state index in [2.05, 4.69) is 0 Å². The largest absolute Gasteiger partial charge is 0.481 e. The van der Waals surface area contributed by atoms with Crippen molar-refractivity contribution in [3.8, 4) is 0 Å². The molecule has 1 aromatic rings. The molecule has 3 heteroatoms. The van der Waals surface area contributed by atoms with Gasteiger partial charge in [0.15, 0.2) is 0 Å². The maximum absolute atomic E-state index is 13.5. The van der Waals surface area contributed by atoms with Crippen LogP contribution in [-0.4, -0.2) is 11.1 Å². The Kier molecular flexibility index (Phi) is 3.23. The molecule has 1 rings (SSSR count). The Hall–Kier alpha value is -1.38. The van der Waals surface area contributed by atoms with Crippen molar-refractivity contribution in [3.05, 3.63) is 35.1 Å². The van der Waals surface area contributed by atoms with Crippen LogP contribution in [0.1, 0.15) is 30.4 Å². The summed E-state index contributed by atoms with van der Waals surface area (Å²) in [4.78, 5) is 10.5. The first-order valence-electron chi connectivity index (χ1n) is 4.49. The van der Waals surface area contributed by atoms with Crippen LogP contribution in [0, 0.1) is 12.7 Å². The number of rotatable bonds is 3. The van der Waals surface area contributed by atoms with Gasteiger partial charge in [0, 0.05) is 0 Å². The second-order valence-corrected chi connectivity index (χ2v) is 3.48. The van der Waals surface area contributed by atoms with E-state index in [-0.39, 0.29) is 18.2 Å². The quantitative estimate of drug-likeness (QED) is 0.807. The van der Waals surface area contributed by atoms with Gasteiger partial charge in [-0.25, -0.2) is 4.39 Å². The number of aliphatic carboxylic acids is 1. The summed E-state index contributed by atoms with van der Waals surface area (Å²) in [6.07, 6.45) is -0.0413. The summed E-state index contributed by atoms with van der Waals surface area (Å²) in [7, 11) is 0. The van der Waals surface area contributed by atoms with Crippen molar-refractivity contribution in [2.24, 2.45) is 0 Å². The standard InChI is InChI=1S/C11H13FO2/c1-7-4-3-5-9(11(7)12)8(2)6-10(13)14/h3-5,8H,6H2,1-2H3,(H,13,14). The maximum Gasteiger partial charge on any atom is 0.303 e. The highest BCUT2D eigenvalue weighted by Gasteiger charge is 2.14. The topological polar surface area (TPSA) is 37.3 Å². The highest BCUT2D eigenvalue weighted by Crippen LogP contribution is 2.23. The van der Waals surface area contributed by atoms with Gasteiger partial charge >= 0.3 is 5.97 Å². The van der Waals surface area contributed by atoms with E-state index < -0.39 is 5.97 Å². The predicted molar refractivity (Wildman–Crippen MR) is 51.8 cm³/mol. The fourth-order valence-electron chi connectivity index (χ4n) is 1.42. The Morgan fingerprint density at radius 1 is 1.57 bits per heavy atom. The third-order valence-corrected chi connectivity index (χ3v) is 2.23. The molecule has 0 aromatic heterocycles. The molecule has 0 saturated carbocycles. The average Bonchev–Trinajstić information content (AvgIpc) is 2.08. The minimum atomic E-state index is -0.904. The Morgan fingerprint density at radius 3 is 2.79 bits per heavy atom. The second kappa shape index (κ2) is 4.22. The van der Waals surface area contributed by atoms with Crippen molar-refractivity contribution in [3.63, 3.8) is 0 Å². The van der Waals surface area contributed by atoms with Gasteiger partial charge in [-0.2, -0.15) is 0 Å². The number of hydrogen-bond acceptors (Lipinski definition) is 1. The summed E-state index contributed by atoms with van der Waals surface area (Å²) >= 11 is 0. The zero-order chi connectivity index (χ0) is 10.7. The molecule has 0 saturated heterocycles. The maximum atomic E-state index is 13.5. The van der Waals surface area contributed by atoms with E-state index in [1.165, 1.54) is 0 Å². The lowest BCUT2D eigenvalue weighted by atomic mass is 9.96. The van der Waals surface area contributed by atoms with E-state index in [1.807, 2.05) is 0 Å². The molecule has 1 unspecified atom stereocenters. The van der Waals surface area contributed by atoms with Gasteiger partial charge in [0.2, 0.25) is 0 Å². The Balaban J connectivity index is 2.95. The normalized spacial score (nSPS) is 12.5. The lowest BCUT2D eigenvalue weighted by Gasteiger charge is -2.11. The molecule has 14 heavy (non-hydrogen) atoms. The van der Waals surface area contributed by atoms with E-state index in [1.54, 1.807) is 32.0 Å². The van der Waals surface area contributed by atoms with Crippen LogP contribution in [0.15, 0.2) is 18.2 Å². The fraction of sp³-hybridized carbons (Fsp3) is 0.364. The zero-order valence-electron chi connectivity index (χ0n) is 8.25. The van der Waals surface area contributed by atoms with Crippen molar-refractivity contribution < 1.29 is 14.3 Å². The molecular weight excluding hydrogens is 183 g/mol. The van der Waals surface area contributed by atoms with Crippen molar-refractivity contribution in [2.75, 3.05) is 0 Å². The van der Waals surface area contributed by atoms with Crippen LogP contribution in [0.4, 0.5) is 4.39 Å². The van der Waals surface area contributed by atoms with Gasteiger partial charge in [0.1, 0.15) is 5.82 Å². The molecule has 1 atom stereocenters. The van der Waals surface area contributed by atoms with Crippen LogP contribution in [0.3, 0.4) is 0 Å². The lowest BCUT2D eigenvalue weighted by Crippen LogP contribution is -2.05. The minimum absolute atomic E-state index is 0.0413. The SMILES string of the molecule is Cc1cccc(C(C)CC(=O)O)c1F. The van der Waals surface area contributed by atoms with E-state index in [4.69, 9.17) is 5.11 Å². The van der Waals surface area contributed by atoms with Crippen molar-refractivity contribution in [1.82, 2.24) is 0 Å². The summed E-state index contributed by atoms with van der Waals surface area (Å²) in [5.41, 5.74) is 1.03. The predicted octanol–water partition coefficient (Wildman–Crippen LogP) is 2.71. The molecule has 0 aliphatic heterocycles. The minimum Gasteiger partial charge on any atom is -0.481 e. The molecule has 1 N–H and O–H groups in total. The summed E-state index contributed by atoms with van der Waals surface area (Å²) in [6, 6.07) is 5.05. The summed E-state index contributed by atoms with van der Waals surface area (Å²) in [5.74, 6) is -1.48. The van der Waals surface area contributed by atoms with Gasteiger partial charge in [0.05, 0.1) is 6.42 Å². The van der Waals surface area contributed by atoms with Crippen LogP contribution in [-0.2, 0) is 4.79 Å². The first-order chi connectivity index (χ1) is 6.52. The van der Waals surface area contributed by atoms with Gasteiger partial charge in [-0.1, -0.05) is 25.1 Å².